The SMILES string of the molecule is CNC1(COc2ccc(C(=C(CC(F)(F)F)c3ccccc3)c3ccc4c(c3)c(F)nn4C3CCCCO3)cn2)CC1. The van der Waals surface area contributed by atoms with Gasteiger partial charge in [-0.25, -0.2) is 9.67 Å². The number of rotatable bonds is 9. The average Bonchev–Trinajstić information content (AvgIpc) is 3.72. The van der Waals surface area contributed by atoms with Crippen LogP contribution in [0.5, 0.6) is 5.88 Å². The van der Waals surface area contributed by atoms with Crippen LogP contribution in [0.15, 0.2) is 66.9 Å². The van der Waals surface area contributed by atoms with Gasteiger partial charge in [-0.1, -0.05) is 36.4 Å². The minimum Gasteiger partial charge on any atom is -0.476 e. The quantitative estimate of drug-likeness (QED) is 0.166. The minimum absolute atomic E-state index is 0.0504. The molecular formula is C32H32F4N4O2. The maximum absolute atomic E-state index is 15.3. The van der Waals surface area contributed by atoms with E-state index in [0.717, 1.165) is 25.7 Å². The highest BCUT2D eigenvalue weighted by Gasteiger charge is 2.42. The summed E-state index contributed by atoms with van der Waals surface area (Å²) in [5.74, 6) is -0.315. The first-order valence-electron chi connectivity index (χ1n) is 14.2. The summed E-state index contributed by atoms with van der Waals surface area (Å²) in [7, 11) is 1.89. The van der Waals surface area contributed by atoms with Crippen molar-refractivity contribution in [2.45, 2.75) is 56.5 Å². The van der Waals surface area contributed by atoms with Gasteiger partial charge in [-0.15, -0.1) is 5.10 Å². The molecule has 2 aromatic carbocycles. The van der Waals surface area contributed by atoms with Gasteiger partial charge >= 0.3 is 6.18 Å². The van der Waals surface area contributed by atoms with Gasteiger partial charge in [-0.05, 0) is 79.6 Å². The van der Waals surface area contributed by atoms with Crippen molar-refractivity contribution in [2.75, 3.05) is 20.3 Å². The topological polar surface area (TPSA) is 61.2 Å². The van der Waals surface area contributed by atoms with Gasteiger partial charge in [0.25, 0.3) is 0 Å². The number of hydrogen-bond donors (Lipinski definition) is 1. The monoisotopic (exact) mass is 580 g/mol. The van der Waals surface area contributed by atoms with Crippen molar-refractivity contribution in [3.8, 4) is 5.88 Å². The van der Waals surface area contributed by atoms with Crippen molar-refractivity contribution < 1.29 is 27.0 Å². The molecule has 1 saturated carbocycles. The minimum atomic E-state index is -4.49. The van der Waals surface area contributed by atoms with Gasteiger partial charge in [-0.2, -0.15) is 17.6 Å². The Bertz CT molecular complexity index is 1570. The predicted molar refractivity (Wildman–Crippen MR) is 152 cm³/mol. The zero-order valence-corrected chi connectivity index (χ0v) is 23.3. The molecule has 2 fully saturated rings. The lowest BCUT2D eigenvalue weighted by atomic mass is 9.88. The average molecular weight is 581 g/mol. The number of allylic oxidation sites excluding steroid dienone is 1. The van der Waals surface area contributed by atoms with Gasteiger partial charge < -0.3 is 14.8 Å². The molecule has 4 aromatic rings. The van der Waals surface area contributed by atoms with E-state index in [0.29, 0.717) is 53.3 Å². The van der Waals surface area contributed by atoms with Gasteiger partial charge in [-0.3, -0.25) is 0 Å². The third-order valence-electron chi connectivity index (χ3n) is 8.08. The Morgan fingerprint density at radius 2 is 1.83 bits per heavy atom. The molecule has 1 unspecified atom stereocenters. The summed E-state index contributed by atoms with van der Waals surface area (Å²) in [5, 5.41) is 7.58. The van der Waals surface area contributed by atoms with Crippen LogP contribution in [-0.4, -0.2) is 46.7 Å². The highest BCUT2D eigenvalue weighted by atomic mass is 19.4. The number of fused-ring (bicyclic) bond motifs is 1. The molecule has 3 heterocycles. The number of nitrogens with zero attached hydrogens (tertiary/aromatic N) is 3. The third kappa shape index (κ3) is 6.05. The van der Waals surface area contributed by atoms with Crippen LogP contribution in [0.25, 0.3) is 22.0 Å². The van der Waals surface area contributed by atoms with Crippen LogP contribution >= 0.6 is 0 Å². The van der Waals surface area contributed by atoms with Crippen LogP contribution in [0.1, 0.15) is 61.4 Å². The Balaban J connectivity index is 1.46. The molecule has 0 spiro atoms. The van der Waals surface area contributed by atoms with Crippen LogP contribution in [0.4, 0.5) is 17.6 Å². The van der Waals surface area contributed by atoms with Gasteiger partial charge in [0.1, 0.15) is 6.61 Å². The zero-order valence-electron chi connectivity index (χ0n) is 23.3. The lowest BCUT2D eigenvalue weighted by Gasteiger charge is -2.23. The largest absolute Gasteiger partial charge is 0.476 e. The maximum atomic E-state index is 15.3. The Morgan fingerprint density at radius 1 is 1.05 bits per heavy atom. The fourth-order valence-electron chi connectivity index (χ4n) is 5.53. The Hall–Kier alpha value is -3.76. The lowest BCUT2D eigenvalue weighted by Crippen LogP contribution is -2.33. The van der Waals surface area contributed by atoms with E-state index in [4.69, 9.17) is 9.47 Å². The molecule has 0 amide bonds. The molecule has 10 heteroatoms. The highest BCUT2D eigenvalue weighted by molar-refractivity contribution is 6.00. The number of hydrogen-bond acceptors (Lipinski definition) is 5. The predicted octanol–water partition coefficient (Wildman–Crippen LogP) is 7.31. The standard InChI is InChI=1S/C32H32F4N4O2/c1-37-31(14-15-31)20-42-27-13-11-23(19-38-27)29(25(18-32(34,35)36)21-7-3-2-4-8-21)22-10-12-26-24(17-22)30(33)39-40(26)28-9-5-6-16-41-28/h2-4,7-8,10-13,17,19,28,37H,5-6,9,14-16,18,20H2,1H3. The van der Waals surface area contributed by atoms with Crippen LogP contribution < -0.4 is 10.1 Å². The van der Waals surface area contributed by atoms with E-state index in [1.807, 2.05) is 7.05 Å². The second-order valence-electron chi connectivity index (χ2n) is 11.0. The lowest BCUT2D eigenvalue weighted by molar-refractivity contribution is -0.122. The van der Waals surface area contributed by atoms with Crippen molar-refractivity contribution >= 4 is 22.0 Å². The van der Waals surface area contributed by atoms with Gasteiger partial charge in [0.2, 0.25) is 11.8 Å². The van der Waals surface area contributed by atoms with E-state index in [-0.39, 0.29) is 22.7 Å². The summed E-state index contributed by atoms with van der Waals surface area (Å²) in [6.45, 7) is 1.02. The molecule has 2 aliphatic rings. The molecule has 6 rings (SSSR count). The van der Waals surface area contributed by atoms with E-state index >= 15 is 4.39 Å². The van der Waals surface area contributed by atoms with E-state index < -0.39 is 18.5 Å². The second kappa shape index (κ2) is 11.5. The molecule has 1 saturated heterocycles. The van der Waals surface area contributed by atoms with E-state index in [1.54, 1.807) is 60.7 Å². The second-order valence-corrected chi connectivity index (χ2v) is 11.0. The molecular weight excluding hydrogens is 548 g/mol. The smallest absolute Gasteiger partial charge is 0.393 e. The number of alkyl halides is 3. The summed E-state index contributed by atoms with van der Waals surface area (Å²) in [6, 6.07) is 16.8. The number of benzene rings is 2. The number of halogens is 4. The first-order chi connectivity index (χ1) is 20.3. The van der Waals surface area contributed by atoms with Crippen LogP contribution in [0, 0.1) is 5.95 Å². The van der Waals surface area contributed by atoms with Crippen molar-refractivity contribution in [3.05, 3.63) is 89.5 Å². The van der Waals surface area contributed by atoms with Crippen molar-refractivity contribution in [1.29, 1.82) is 0 Å². The molecule has 1 N–H and O–H groups in total. The van der Waals surface area contributed by atoms with Crippen LogP contribution in [0.3, 0.4) is 0 Å². The molecule has 1 atom stereocenters. The van der Waals surface area contributed by atoms with E-state index in [1.165, 1.54) is 10.9 Å². The highest BCUT2D eigenvalue weighted by Crippen LogP contribution is 2.41. The number of nitrogens with one attached hydrogen (secondary N) is 1. The fourth-order valence-corrected chi connectivity index (χ4v) is 5.53. The summed E-state index contributed by atoms with van der Waals surface area (Å²) < 4.78 is 70.7. The van der Waals surface area contributed by atoms with E-state index in [2.05, 4.69) is 15.4 Å². The molecule has 1 aliphatic heterocycles. The Morgan fingerprint density at radius 3 is 2.48 bits per heavy atom. The summed E-state index contributed by atoms with van der Waals surface area (Å²) >= 11 is 0. The molecule has 220 valence electrons. The number of pyridine rings is 1. The number of ether oxygens (including phenoxy) is 2. The molecule has 0 radical (unpaired) electrons. The van der Waals surface area contributed by atoms with Gasteiger partial charge in [0.05, 0.1) is 22.9 Å². The van der Waals surface area contributed by atoms with Gasteiger partial charge in [0, 0.05) is 24.4 Å². The molecule has 2 aromatic heterocycles. The van der Waals surface area contributed by atoms with Crippen molar-refractivity contribution in [3.63, 3.8) is 0 Å². The Labute approximate surface area is 241 Å². The van der Waals surface area contributed by atoms with Gasteiger partial charge in [0.15, 0.2) is 6.23 Å². The summed E-state index contributed by atoms with van der Waals surface area (Å²) in [6.07, 6.45) is 0.0775. The normalized spacial score (nSPS) is 19.0. The first kappa shape index (κ1) is 28.4. The van der Waals surface area contributed by atoms with Crippen molar-refractivity contribution in [2.24, 2.45) is 0 Å². The van der Waals surface area contributed by atoms with Crippen LogP contribution in [-0.2, 0) is 4.74 Å². The Kier molecular flexibility index (Phi) is 7.76. The fraction of sp³-hybridized carbons (Fsp3) is 0.375. The summed E-state index contributed by atoms with van der Waals surface area (Å²) in [4.78, 5) is 4.44. The zero-order chi connectivity index (χ0) is 29.3. The summed E-state index contributed by atoms with van der Waals surface area (Å²) in [5.41, 5.74) is 2.16. The maximum Gasteiger partial charge on any atom is 0.393 e. The third-order valence-corrected chi connectivity index (χ3v) is 8.08. The van der Waals surface area contributed by atoms with Crippen LogP contribution in [0.2, 0.25) is 0 Å². The molecule has 42 heavy (non-hydrogen) atoms. The number of likely N-dealkylation sites (N-methyl/N-ethyl adjacent to an activating group) is 1. The molecule has 0 bridgehead atoms. The molecule has 6 nitrogen and oxygen atoms in total. The first-order valence-corrected chi connectivity index (χ1v) is 14.2. The van der Waals surface area contributed by atoms with Crippen molar-refractivity contribution in [1.82, 2.24) is 20.1 Å². The van der Waals surface area contributed by atoms with E-state index in [9.17, 15) is 13.2 Å². The molecule has 1 aliphatic carbocycles. The number of aromatic nitrogens is 3.